The average Bonchev–Trinajstić information content (AvgIpc) is 2.45. The second kappa shape index (κ2) is 6.33. The van der Waals surface area contributed by atoms with E-state index in [9.17, 15) is 9.59 Å². The van der Waals surface area contributed by atoms with Crippen molar-refractivity contribution in [1.29, 1.82) is 0 Å². The number of rotatable bonds is 2. The second-order valence-electron chi connectivity index (χ2n) is 4.45. The van der Waals surface area contributed by atoms with Crippen molar-refractivity contribution >= 4 is 11.8 Å². The van der Waals surface area contributed by atoms with Gasteiger partial charge in [-0.1, -0.05) is 24.0 Å². The van der Waals surface area contributed by atoms with E-state index in [2.05, 4.69) is 11.8 Å². The molecule has 0 radical (unpaired) electrons. The first-order valence-electron chi connectivity index (χ1n) is 6.35. The molecule has 1 atom stereocenters. The average molecular weight is 272 g/mol. The van der Waals surface area contributed by atoms with Gasteiger partial charge in [-0.15, -0.1) is 0 Å². The van der Waals surface area contributed by atoms with E-state index in [1.165, 1.54) is 4.90 Å². The highest BCUT2D eigenvalue weighted by Gasteiger charge is 2.31. The molecule has 104 valence electrons. The van der Waals surface area contributed by atoms with Crippen LogP contribution in [0.15, 0.2) is 24.3 Å². The van der Waals surface area contributed by atoms with Gasteiger partial charge in [0.15, 0.2) is 0 Å². The lowest BCUT2D eigenvalue weighted by Gasteiger charge is -2.30. The molecule has 0 bridgehead atoms. The molecule has 2 rings (SSSR count). The van der Waals surface area contributed by atoms with Gasteiger partial charge in [0.2, 0.25) is 0 Å². The summed E-state index contributed by atoms with van der Waals surface area (Å²) in [7, 11) is 0. The number of carbonyl (C=O) groups excluding carboxylic acids is 2. The number of imide groups is 1. The molecule has 2 N–H and O–H groups in total. The second-order valence-corrected chi connectivity index (χ2v) is 4.45. The molecule has 0 saturated carbocycles. The van der Waals surface area contributed by atoms with E-state index in [4.69, 9.17) is 10.5 Å². The maximum absolute atomic E-state index is 11.8. The lowest BCUT2D eigenvalue weighted by Crippen LogP contribution is -2.47. The summed E-state index contributed by atoms with van der Waals surface area (Å²) in [4.78, 5) is 24.8. The first-order chi connectivity index (χ1) is 9.63. The van der Waals surface area contributed by atoms with Crippen LogP contribution in [0, 0.1) is 11.8 Å². The van der Waals surface area contributed by atoms with Crippen LogP contribution >= 0.6 is 0 Å². The zero-order valence-corrected chi connectivity index (χ0v) is 11.3. The van der Waals surface area contributed by atoms with Crippen molar-refractivity contribution in [3.05, 3.63) is 35.4 Å². The van der Waals surface area contributed by atoms with Gasteiger partial charge in [-0.3, -0.25) is 14.5 Å². The van der Waals surface area contributed by atoms with Crippen molar-refractivity contribution < 1.29 is 14.3 Å². The Balaban J connectivity index is 2.18. The summed E-state index contributed by atoms with van der Waals surface area (Å²) in [5.74, 6) is 5.09. The maximum atomic E-state index is 11.8. The smallest absolute Gasteiger partial charge is 0.255 e. The molecule has 1 heterocycles. The highest BCUT2D eigenvalue weighted by Crippen LogP contribution is 2.22. The molecule has 1 unspecified atom stereocenters. The zero-order chi connectivity index (χ0) is 14.5. The first kappa shape index (κ1) is 14.3. The van der Waals surface area contributed by atoms with Crippen LogP contribution in [0.25, 0.3) is 0 Å². The van der Waals surface area contributed by atoms with E-state index < -0.39 is 0 Å². The van der Waals surface area contributed by atoms with E-state index in [0.29, 0.717) is 6.54 Å². The molecule has 5 nitrogen and oxygen atoms in total. The van der Waals surface area contributed by atoms with E-state index >= 15 is 0 Å². The summed E-state index contributed by atoms with van der Waals surface area (Å²) in [6, 6.07) is 7.12. The normalized spacial score (nSPS) is 16.6. The Bertz CT molecular complexity index is 553. The zero-order valence-electron chi connectivity index (χ0n) is 11.3. The van der Waals surface area contributed by atoms with Crippen LogP contribution in [0.4, 0.5) is 0 Å². The van der Waals surface area contributed by atoms with Gasteiger partial charge >= 0.3 is 0 Å². The van der Waals surface area contributed by atoms with Gasteiger partial charge < -0.3 is 10.5 Å². The molecule has 1 saturated heterocycles. The summed E-state index contributed by atoms with van der Waals surface area (Å²) < 4.78 is 4.90. The Hall–Kier alpha value is -2.16. The topological polar surface area (TPSA) is 72.6 Å². The molecule has 20 heavy (non-hydrogen) atoms. The lowest BCUT2D eigenvalue weighted by molar-refractivity contribution is -0.161. The minimum atomic E-state index is -0.310. The number of hydrogen-bond acceptors (Lipinski definition) is 4. The summed E-state index contributed by atoms with van der Waals surface area (Å²) in [6.07, 6.45) is 0. The van der Waals surface area contributed by atoms with Gasteiger partial charge in [0.05, 0.1) is 12.6 Å². The minimum absolute atomic E-state index is 0.0455. The van der Waals surface area contributed by atoms with Crippen molar-refractivity contribution in [1.82, 2.24) is 4.90 Å². The number of carbonyl (C=O) groups is 2. The van der Waals surface area contributed by atoms with Gasteiger partial charge in [0.25, 0.3) is 11.8 Å². The molecule has 0 spiro atoms. The number of morpholine rings is 1. The van der Waals surface area contributed by atoms with Gasteiger partial charge in [-0.25, -0.2) is 0 Å². The van der Waals surface area contributed by atoms with Crippen LogP contribution < -0.4 is 5.73 Å². The van der Waals surface area contributed by atoms with Crippen molar-refractivity contribution in [2.24, 2.45) is 5.73 Å². The summed E-state index contributed by atoms with van der Waals surface area (Å²) >= 11 is 0. The van der Waals surface area contributed by atoms with Gasteiger partial charge in [-0.2, -0.15) is 0 Å². The van der Waals surface area contributed by atoms with Crippen LogP contribution in [0.1, 0.15) is 24.1 Å². The Morgan fingerprint density at radius 1 is 1.25 bits per heavy atom. The van der Waals surface area contributed by atoms with Crippen LogP contribution in [0.2, 0.25) is 0 Å². The number of nitrogens with two attached hydrogens (primary N) is 1. The fourth-order valence-corrected chi connectivity index (χ4v) is 2.08. The van der Waals surface area contributed by atoms with E-state index in [-0.39, 0.29) is 31.1 Å². The van der Waals surface area contributed by atoms with Crippen molar-refractivity contribution in [2.45, 2.75) is 13.0 Å². The summed E-state index contributed by atoms with van der Waals surface area (Å²) in [5, 5.41) is 0. The number of amides is 2. The number of ether oxygens (including phenoxy) is 1. The van der Waals surface area contributed by atoms with Crippen molar-refractivity contribution in [2.75, 3.05) is 19.8 Å². The Kier molecular flexibility index (Phi) is 4.51. The monoisotopic (exact) mass is 272 g/mol. The lowest BCUT2D eigenvalue weighted by atomic mass is 10.0. The standard InChI is InChI=1S/C15H16N2O3/c1-11(17-14(18)9-20-10-15(17)19)13-6-4-12(5-7-13)3-2-8-16/h4-7,11H,8-10,16H2,1H3. The minimum Gasteiger partial charge on any atom is -0.362 e. The fourth-order valence-electron chi connectivity index (χ4n) is 2.08. The molecule has 1 aromatic rings. The molecule has 0 aliphatic carbocycles. The molecule has 1 fully saturated rings. The van der Waals surface area contributed by atoms with Gasteiger partial charge in [0.1, 0.15) is 13.2 Å². The van der Waals surface area contributed by atoms with Gasteiger partial charge in [0, 0.05) is 5.56 Å². The predicted octanol–water partition coefficient (Wildman–Crippen LogP) is 0.443. The SMILES string of the molecule is CC(c1ccc(C#CCN)cc1)N1C(=O)COCC1=O. The third kappa shape index (κ3) is 3.05. The third-order valence-electron chi connectivity index (χ3n) is 3.10. The van der Waals surface area contributed by atoms with E-state index in [1.807, 2.05) is 31.2 Å². The van der Waals surface area contributed by atoms with E-state index in [0.717, 1.165) is 11.1 Å². The maximum Gasteiger partial charge on any atom is 0.255 e. The molecule has 1 aromatic carbocycles. The number of benzene rings is 1. The Labute approximate surface area is 117 Å². The molecular formula is C15H16N2O3. The number of nitrogens with zero attached hydrogens (tertiary/aromatic N) is 1. The largest absolute Gasteiger partial charge is 0.362 e. The summed E-state index contributed by atoms with van der Waals surface area (Å²) in [5.41, 5.74) is 7.05. The first-order valence-corrected chi connectivity index (χ1v) is 6.35. The highest BCUT2D eigenvalue weighted by molar-refractivity contribution is 5.98. The van der Waals surface area contributed by atoms with Crippen molar-refractivity contribution in [3.63, 3.8) is 0 Å². The van der Waals surface area contributed by atoms with Crippen LogP contribution in [0.3, 0.4) is 0 Å². The van der Waals surface area contributed by atoms with Gasteiger partial charge in [-0.05, 0) is 24.6 Å². The van der Waals surface area contributed by atoms with Crippen LogP contribution in [-0.2, 0) is 14.3 Å². The molecule has 1 aliphatic rings. The fraction of sp³-hybridized carbons (Fsp3) is 0.333. The number of hydrogen-bond donors (Lipinski definition) is 1. The third-order valence-corrected chi connectivity index (χ3v) is 3.10. The highest BCUT2D eigenvalue weighted by atomic mass is 16.5. The molecule has 2 amide bonds. The molecule has 1 aliphatic heterocycles. The van der Waals surface area contributed by atoms with E-state index in [1.54, 1.807) is 0 Å². The molecule has 5 heteroatoms. The predicted molar refractivity (Wildman–Crippen MR) is 73.5 cm³/mol. The quantitative estimate of drug-likeness (QED) is 0.626. The molecular weight excluding hydrogens is 256 g/mol. The van der Waals surface area contributed by atoms with Crippen LogP contribution in [0.5, 0.6) is 0 Å². The van der Waals surface area contributed by atoms with Crippen LogP contribution in [-0.4, -0.2) is 36.5 Å². The summed E-state index contributed by atoms with van der Waals surface area (Å²) in [6.45, 7) is 2.04. The molecule has 0 aromatic heterocycles. The Morgan fingerprint density at radius 2 is 1.85 bits per heavy atom. The van der Waals surface area contributed by atoms with Crippen molar-refractivity contribution in [3.8, 4) is 11.8 Å². The Morgan fingerprint density at radius 3 is 2.40 bits per heavy atom.